The second kappa shape index (κ2) is 4.87. The van der Waals surface area contributed by atoms with Gasteiger partial charge in [0.2, 0.25) is 0 Å². The predicted molar refractivity (Wildman–Crippen MR) is 67.1 cm³/mol. The van der Waals surface area contributed by atoms with Crippen molar-refractivity contribution in [1.82, 2.24) is 20.0 Å². The van der Waals surface area contributed by atoms with Gasteiger partial charge >= 0.3 is 0 Å². The van der Waals surface area contributed by atoms with Crippen LogP contribution in [0.15, 0.2) is 41.1 Å². The maximum absolute atomic E-state index is 5.55. The molecule has 0 aliphatic carbocycles. The van der Waals surface area contributed by atoms with Crippen molar-refractivity contribution < 1.29 is 4.42 Å². The van der Waals surface area contributed by atoms with E-state index in [2.05, 4.69) is 20.6 Å². The minimum Gasteiger partial charge on any atom is -0.424 e. The molecule has 1 aromatic carbocycles. The Balaban J connectivity index is 1.53. The Bertz CT molecular complexity index is 583. The number of aromatic nitrogens is 4. The van der Waals surface area contributed by atoms with Crippen molar-refractivity contribution in [2.45, 2.75) is 13.0 Å². The number of fused-ring (bicyclic) bond motifs is 1. The summed E-state index contributed by atoms with van der Waals surface area (Å²) in [5, 5.41) is 10.8. The van der Waals surface area contributed by atoms with E-state index in [1.165, 1.54) is 0 Å². The van der Waals surface area contributed by atoms with Crippen LogP contribution in [0.25, 0.3) is 11.1 Å². The van der Waals surface area contributed by atoms with Crippen molar-refractivity contribution in [3.05, 3.63) is 36.7 Å². The van der Waals surface area contributed by atoms with E-state index in [1.54, 1.807) is 10.9 Å². The van der Waals surface area contributed by atoms with Crippen LogP contribution in [0.4, 0.5) is 6.01 Å². The number of aryl methyl sites for hydroxylation is 1. The van der Waals surface area contributed by atoms with Crippen LogP contribution in [-0.4, -0.2) is 26.5 Å². The lowest BCUT2D eigenvalue weighted by Gasteiger charge is -2.01. The van der Waals surface area contributed by atoms with Gasteiger partial charge in [0.25, 0.3) is 6.01 Å². The molecule has 0 aliphatic rings. The first-order valence-electron chi connectivity index (χ1n) is 5.85. The van der Waals surface area contributed by atoms with Crippen molar-refractivity contribution in [1.29, 1.82) is 0 Å². The number of rotatable bonds is 5. The van der Waals surface area contributed by atoms with E-state index in [0.717, 1.165) is 30.6 Å². The highest BCUT2D eigenvalue weighted by molar-refractivity contribution is 5.74. The zero-order valence-electron chi connectivity index (χ0n) is 9.78. The Labute approximate surface area is 104 Å². The van der Waals surface area contributed by atoms with Crippen molar-refractivity contribution in [3.8, 4) is 0 Å². The summed E-state index contributed by atoms with van der Waals surface area (Å²) in [6.45, 7) is 1.61. The summed E-state index contributed by atoms with van der Waals surface area (Å²) in [5.74, 6) is 0. The topological polar surface area (TPSA) is 68.8 Å². The number of anilines is 1. The van der Waals surface area contributed by atoms with Gasteiger partial charge in [-0.1, -0.05) is 17.3 Å². The number of nitrogens with one attached hydrogen (secondary N) is 1. The number of nitrogens with zero attached hydrogens (tertiary/aromatic N) is 4. The molecule has 0 aliphatic heterocycles. The lowest BCUT2D eigenvalue weighted by atomic mass is 10.3. The molecule has 0 unspecified atom stereocenters. The van der Waals surface area contributed by atoms with Crippen molar-refractivity contribution >= 4 is 17.1 Å². The smallest absolute Gasteiger partial charge is 0.295 e. The molecular weight excluding hydrogens is 230 g/mol. The highest BCUT2D eigenvalue weighted by Crippen LogP contribution is 2.17. The molecule has 0 atom stereocenters. The Morgan fingerprint density at radius 1 is 1.28 bits per heavy atom. The molecule has 2 aromatic heterocycles. The predicted octanol–water partition coefficient (Wildman–Crippen LogP) is 1.92. The molecule has 0 bridgehead atoms. The van der Waals surface area contributed by atoms with Gasteiger partial charge in [0.05, 0.1) is 6.20 Å². The molecule has 0 amide bonds. The monoisotopic (exact) mass is 243 g/mol. The average Bonchev–Trinajstić information content (AvgIpc) is 3.03. The van der Waals surface area contributed by atoms with Crippen LogP contribution in [-0.2, 0) is 6.54 Å². The quantitative estimate of drug-likeness (QED) is 0.693. The Kier molecular flexibility index (Phi) is 2.91. The standard InChI is InChI=1S/C12H13N5O/c1-2-5-11-10(4-1)15-12(18-11)13-6-3-8-17-9-7-14-16-17/h1-2,4-5,7,9H,3,6,8H2,(H,13,15). The van der Waals surface area contributed by atoms with Crippen LogP contribution in [0.2, 0.25) is 0 Å². The normalized spacial score (nSPS) is 10.9. The molecule has 0 spiro atoms. The molecule has 6 heteroatoms. The van der Waals surface area contributed by atoms with Gasteiger partial charge in [-0.2, -0.15) is 4.98 Å². The zero-order chi connectivity index (χ0) is 12.2. The first-order chi connectivity index (χ1) is 8.92. The van der Waals surface area contributed by atoms with E-state index in [4.69, 9.17) is 4.42 Å². The van der Waals surface area contributed by atoms with Gasteiger partial charge in [-0.15, -0.1) is 5.10 Å². The van der Waals surface area contributed by atoms with Gasteiger partial charge < -0.3 is 9.73 Å². The number of hydrogen-bond acceptors (Lipinski definition) is 5. The summed E-state index contributed by atoms with van der Waals surface area (Å²) >= 11 is 0. The molecule has 3 rings (SSSR count). The SMILES string of the molecule is c1ccc2oc(NCCCn3ccnn3)nc2c1. The van der Waals surface area contributed by atoms with E-state index < -0.39 is 0 Å². The molecule has 1 N–H and O–H groups in total. The summed E-state index contributed by atoms with van der Waals surface area (Å²) in [6, 6.07) is 8.28. The van der Waals surface area contributed by atoms with E-state index in [1.807, 2.05) is 30.5 Å². The van der Waals surface area contributed by atoms with Crippen LogP contribution in [0.1, 0.15) is 6.42 Å². The van der Waals surface area contributed by atoms with E-state index in [-0.39, 0.29) is 0 Å². The van der Waals surface area contributed by atoms with Gasteiger partial charge in [-0.25, -0.2) is 0 Å². The second-order valence-corrected chi connectivity index (χ2v) is 3.93. The van der Waals surface area contributed by atoms with Gasteiger partial charge in [0.1, 0.15) is 5.52 Å². The summed E-state index contributed by atoms with van der Waals surface area (Å²) in [6.07, 6.45) is 4.45. The summed E-state index contributed by atoms with van der Waals surface area (Å²) in [5.41, 5.74) is 1.67. The van der Waals surface area contributed by atoms with Crippen molar-refractivity contribution in [2.75, 3.05) is 11.9 Å². The molecule has 92 valence electrons. The highest BCUT2D eigenvalue weighted by Gasteiger charge is 2.03. The minimum absolute atomic E-state index is 0.565. The maximum atomic E-state index is 5.55. The fraction of sp³-hybridized carbons (Fsp3) is 0.250. The van der Waals surface area contributed by atoms with E-state index in [9.17, 15) is 0 Å². The van der Waals surface area contributed by atoms with Crippen molar-refractivity contribution in [3.63, 3.8) is 0 Å². The Morgan fingerprint density at radius 2 is 2.22 bits per heavy atom. The first kappa shape index (κ1) is 10.8. The van der Waals surface area contributed by atoms with E-state index >= 15 is 0 Å². The minimum atomic E-state index is 0.565. The summed E-state index contributed by atoms with van der Waals surface area (Å²) < 4.78 is 7.35. The van der Waals surface area contributed by atoms with Gasteiger partial charge in [0, 0.05) is 19.3 Å². The molecule has 0 saturated heterocycles. The third kappa shape index (κ3) is 2.32. The largest absolute Gasteiger partial charge is 0.424 e. The Hall–Kier alpha value is -2.37. The first-order valence-corrected chi connectivity index (χ1v) is 5.85. The molecule has 3 aromatic rings. The zero-order valence-corrected chi connectivity index (χ0v) is 9.78. The molecular formula is C12H13N5O. The third-order valence-electron chi connectivity index (χ3n) is 2.61. The molecule has 0 fully saturated rings. The van der Waals surface area contributed by atoms with Crippen LogP contribution in [0.3, 0.4) is 0 Å². The van der Waals surface area contributed by atoms with Gasteiger partial charge in [-0.3, -0.25) is 4.68 Å². The molecule has 0 radical (unpaired) electrons. The maximum Gasteiger partial charge on any atom is 0.295 e. The molecule has 2 heterocycles. The molecule has 18 heavy (non-hydrogen) atoms. The van der Waals surface area contributed by atoms with Gasteiger partial charge in [0.15, 0.2) is 5.58 Å². The second-order valence-electron chi connectivity index (χ2n) is 3.93. The lowest BCUT2D eigenvalue weighted by Crippen LogP contribution is -2.07. The van der Waals surface area contributed by atoms with Crippen molar-refractivity contribution in [2.24, 2.45) is 0 Å². The molecule has 6 nitrogen and oxygen atoms in total. The number of benzene rings is 1. The van der Waals surface area contributed by atoms with Crippen LogP contribution < -0.4 is 5.32 Å². The number of para-hydroxylation sites is 2. The molecule has 0 saturated carbocycles. The fourth-order valence-corrected chi connectivity index (χ4v) is 1.74. The van der Waals surface area contributed by atoms with Crippen LogP contribution >= 0.6 is 0 Å². The fourth-order valence-electron chi connectivity index (χ4n) is 1.74. The van der Waals surface area contributed by atoms with Crippen LogP contribution in [0.5, 0.6) is 0 Å². The Morgan fingerprint density at radius 3 is 3.06 bits per heavy atom. The average molecular weight is 243 g/mol. The van der Waals surface area contributed by atoms with Gasteiger partial charge in [-0.05, 0) is 18.6 Å². The number of oxazole rings is 1. The summed E-state index contributed by atoms with van der Waals surface area (Å²) in [7, 11) is 0. The summed E-state index contributed by atoms with van der Waals surface area (Å²) in [4.78, 5) is 4.33. The number of hydrogen-bond donors (Lipinski definition) is 1. The highest BCUT2D eigenvalue weighted by atomic mass is 16.4. The lowest BCUT2D eigenvalue weighted by molar-refractivity contribution is 0.560. The third-order valence-corrected chi connectivity index (χ3v) is 2.61. The van der Waals surface area contributed by atoms with E-state index in [0.29, 0.717) is 6.01 Å². The van der Waals surface area contributed by atoms with Crippen LogP contribution in [0, 0.1) is 0 Å².